The predicted molar refractivity (Wildman–Crippen MR) is 70.4 cm³/mol. The second-order valence-electron chi connectivity index (χ2n) is 4.98. The molecule has 0 fully saturated rings. The number of likely N-dealkylation sites (N-methyl/N-ethyl adjacent to an activating group) is 1. The maximum atomic E-state index is 12.3. The first-order valence-corrected chi connectivity index (χ1v) is 6.01. The van der Waals surface area contributed by atoms with Gasteiger partial charge in [-0.1, -0.05) is 12.1 Å². The van der Waals surface area contributed by atoms with Crippen molar-refractivity contribution in [1.29, 1.82) is 0 Å². The van der Waals surface area contributed by atoms with Crippen molar-refractivity contribution >= 4 is 11.9 Å². The van der Waals surface area contributed by atoms with Crippen LogP contribution in [0, 0.1) is 0 Å². The summed E-state index contributed by atoms with van der Waals surface area (Å²) in [4.78, 5) is 23.8. The molecule has 1 amide bonds. The van der Waals surface area contributed by atoms with Gasteiger partial charge < -0.3 is 9.84 Å². The van der Waals surface area contributed by atoms with Crippen molar-refractivity contribution in [3.8, 4) is 5.75 Å². The predicted octanol–water partition coefficient (Wildman–Crippen LogP) is 1.10. The number of phenols is 1. The number of aromatic hydroxyl groups is 1. The number of methoxy groups -OCH3 is 1. The minimum atomic E-state index is -0.561. The maximum absolute atomic E-state index is 12.3. The molecule has 0 bridgehead atoms. The first-order chi connectivity index (χ1) is 8.78. The number of benzene rings is 1. The Morgan fingerprint density at radius 2 is 1.79 bits per heavy atom. The molecule has 0 radical (unpaired) electrons. The second-order valence-corrected chi connectivity index (χ2v) is 4.98. The number of carbonyl (C=O) groups is 2. The van der Waals surface area contributed by atoms with E-state index in [1.165, 1.54) is 19.2 Å². The molecule has 0 aliphatic rings. The Labute approximate surface area is 113 Å². The van der Waals surface area contributed by atoms with Crippen LogP contribution in [-0.4, -0.2) is 48.7 Å². The number of hydrogen-bond donors (Lipinski definition) is 1. The lowest BCUT2D eigenvalue weighted by molar-refractivity contribution is -0.829. The van der Waals surface area contributed by atoms with Gasteiger partial charge in [0.2, 0.25) is 0 Å². The van der Waals surface area contributed by atoms with Crippen LogP contribution in [0.5, 0.6) is 5.75 Å². The van der Waals surface area contributed by atoms with Crippen LogP contribution in [0.4, 0.5) is 0 Å². The number of esters is 1. The summed E-state index contributed by atoms with van der Waals surface area (Å²) < 4.78 is 4.60. The smallest absolute Gasteiger partial charge is 0.364 e. The Kier molecular flexibility index (Phi) is 4.67. The molecule has 0 aromatic heterocycles. The van der Waals surface area contributed by atoms with E-state index in [1.54, 1.807) is 33.2 Å². The SMILES string of the molecule is COC(=O)[C@@H](C)[N+](C)(C)C(=O)Cc1ccc(O)cc1. The van der Waals surface area contributed by atoms with Crippen LogP contribution < -0.4 is 0 Å². The normalized spacial score (nSPS) is 12.8. The summed E-state index contributed by atoms with van der Waals surface area (Å²) in [6.07, 6.45) is 0.203. The third-order valence-electron chi connectivity index (χ3n) is 3.45. The zero-order valence-electron chi connectivity index (χ0n) is 11.7. The highest BCUT2D eigenvalue weighted by Gasteiger charge is 2.38. The Bertz CT molecular complexity index is 465. The number of nitrogens with zero attached hydrogens (tertiary/aromatic N) is 1. The van der Waals surface area contributed by atoms with Crippen molar-refractivity contribution in [2.24, 2.45) is 0 Å². The van der Waals surface area contributed by atoms with Crippen LogP contribution in [0.15, 0.2) is 24.3 Å². The lowest BCUT2D eigenvalue weighted by Gasteiger charge is -2.31. The average Bonchev–Trinajstić information content (AvgIpc) is 2.39. The Morgan fingerprint density at radius 1 is 1.26 bits per heavy atom. The molecule has 1 aromatic rings. The fraction of sp³-hybridized carbons (Fsp3) is 0.429. The van der Waals surface area contributed by atoms with Crippen molar-refractivity contribution in [3.63, 3.8) is 0 Å². The van der Waals surface area contributed by atoms with Gasteiger partial charge in [0.1, 0.15) is 5.75 Å². The first-order valence-electron chi connectivity index (χ1n) is 6.01. The minimum absolute atomic E-state index is 0.0758. The molecule has 1 atom stereocenters. The van der Waals surface area contributed by atoms with Gasteiger partial charge in [0.15, 0.2) is 6.04 Å². The van der Waals surface area contributed by atoms with Gasteiger partial charge in [-0.15, -0.1) is 0 Å². The fourth-order valence-corrected chi connectivity index (χ4v) is 1.64. The molecule has 1 aromatic carbocycles. The summed E-state index contributed by atoms with van der Waals surface area (Å²) in [6.45, 7) is 1.67. The van der Waals surface area contributed by atoms with Crippen molar-refractivity contribution in [3.05, 3.63) is 29.8 Å². The van der Waals surface area contributed by atoms with E-state index < -0.39 is 12.0 Å². The second kappa shape index (κ2) is 5.84. The van der Waals surface area contributed by atoms with Gasteiger partial charge in [0.05, 0.1) is 27.6 Å². The van der Waals surface area contributed by atoms with Crippen molar-refractivity contribution in [1.82, 2.24) is 0 Å². The molecule has 1 N–H and O–H groups in total. The molecular formula is C14H20NO4+. The van der Waals surface area contributed by atoms with E-state index in [2.05, 4.69) is 4.74 Å². The zero-order chi connectivity index (χ0) is 14.6. The Morgan fingerprint density at radius 3 is 2.26 bits per heavy atom. The summed E-state index contributed by atoms with van der Waals surface area (Å²) in [5.74, 6) is -0.347. The van der Waals surface area contributed by atoms with E-state index >= 15 is 0 Å². The topological polar surface area (TPSA) is 63.6 Å². The Hall–Kier alpha value is -1.88. The molecule has 5 heteroatoms. The number of quaternary nitrogens is 1. The van der Waals surface area contributed by atoms with Gasteiger partial charge in [-0.2, -0.15) is 0 Å². The van der Waals surface area contributed by atoms with E-state index in [-0.39, 0.29) is 22.6 Å². The molecule has 104 valence electrons. The summed E-state index contributed by atoms with van der Waals surface area (Å²) in [5, 5.41) is 9.19. The van der Waals surface area contributed by atoms with Crippen LogP contribution in [-0.2, 0) is 20.7 Å². The van der Waals surface area contributed by atoms with Crippen LogP contribution in [0.25, 0.3) is 0 Å². The largest absolute Gasteiger partial charge is 0.508 e. The van der Waals surface area contributed by atoms with Crippen LogP contribution in [0.2, 0.25) is 0 Å². The molecular weight excluding hydrogens is 246 g/mol. The van der Waals surface area contributed by atoms with E-state index in [0.29, 0.717) is 0 Å². The quantitative estimate of drug-likeness (QED) is 0.655. The number of phenolic OH excluding ortho intramolecular Hbond substituents is 1. The zero-order valence-corrected chi connectivity index (χ0v) is 11.7. The highest BCUT2D eigenvalue weighted by atomic mass is 16.5. The van der Waals surface area contributed by atoms with Crippen LogP contribution in [0.3, 0.4) is 0 Å². The lowest BCUT2D eigenvalue weighted by atomic mass is 10.1. The molecule has 0 aliphatic carbocycles. The highest BCUT2D eigenvalue weighted by molar-refractivity contribution is 5.79. The van der Waals surface area contributed by atoms with Gasteiger partial charge >= 0.3 is 11.9 Å². The fourth-order valence-electron chi connectivity index (χ4n) is 1.64. The van der Waals surface area contributed by atoms with E-state index in [1.807, 2.05) is 0 Å². The van der Waals surface area contributed by atoms with E-state index in [0.717, 1.165) is 5.56 Å². The summed E-state index contributed by atoms with van der Waals surface area (Å²) in [6, 6.07) is 5.89. The highest BCUT2D eigenvalue weighted by Crippen LogP contribution is 2.15. The molecule has 19 heavy (non-hydrogen) atoms. The Balaban J connectivity index is 2.81. The first kappa shape index (κ1) is 15.2. The summed E-state index contributed by atoms with van der Waals surface area (Å²) >= 11 is 0. The number of ether oxygens (including phenoxy) is 1. The third kappa shape index (κ3) is 3.54. The number of rotatable bonds is 4. The molecule has 0 spiro atoms. The van der Waals surface area contributed by atoms with Crippen molar-refractivity contribution in [2.75, 3.05) is 21.2 Å². The molecule has 5 nitrogen and oxygen atoms in total. The van der Waals surface area contributed by atoms with Gasteiger partial charge in [0.25, 0.3) is 0 Å². The van der Waals surface area contributed by atoms with Gasteiger partial charge in [-0.25, -0.2) is 9.59 Å². The number of amides is 1. The molecule has 0 saturated carbocycles. The van der Waals surface area contributed by atoms with Crippen LogP contribution in [0.1, 0.15) is 12.5 Å². The number of carbonyl (C=O) groups excluding carboxylic acids is 2. The van der Waals surface area contributed by atoms with E-state index in [4.69, 9.17) is 0 Å². The monoisotopic (exact) mass is 266 g/mol. The van der Waals surface area contributed by atoms with E-state index in [9.17, 15) is 14.7 Å². The molecule has 0 saturated heterocycles. The third-order valence-corrected chi connectivity index (χ3v) is 3.45. The van der Waals surface area contributed by atoms with Gasteiger partial charge in [-0.05, 0) is 24.6 Å². The summed E-state index contributed by atoms with van der Waals surface area (Å²) in [5.41, 5.74) is 0.797. The van der Waals surface area contributed by atoms with Crippen molar-refractivity contribution < 1.29 is 23.9 Å². The lowest BCUT2D eigenvalue weighted by Crippen LogP contribution is -2.56. The maximum Gasteiger partial charge on any atom is 0.364 e. The molecule has 1 rings (SSSR count). The molecule has 0 aliphatic heterocycles. The number of hydrogen-bond acceptors (Lipinski definition) is 4. The standard InChI is InChI=1S/C14H19NO4/c1-10(14(18)19-4)15(2,3)13(17)9-11-5-7-12(16)8-6-11/h5-8,10H,9H2,1-4H3/p+1/t10-/m1/s1. The van der Waals surface area contributed by atoms with Crippen LogP contribution >= 0.6 is 0 Å². The van der Waals surface area contributed by atoms with Gasteiger partial charge in [0, 0.05) is 0 Å². The molecule has 0 unspecified atom stereocenters. The average molecular weight is 266 g/mol. The molecule has 0 heterocycles. The van der Waals surface area contributed by atoms with Crippen molar-refractivity contribution in [2.45, 2.75) is 19.4 Å². The van der Waals surface area contributed by atoms with Gasteiger partial charge in [-0.3, -0.25) is 4.48 Å². The summed E-state index contributed by atoms with van der Waals surface area (Å²) in [7, 11) is 4.68. The minimum Gasteiger partial charge on any atom is -0.508 e.